The highest BCUT2D eigenvalue weighted by Crippen LogP contribution is 2.54. The van der Waals surface area contributed by atoms with Crippen LogP contribution in [0.25, 0.3) is 168 Å². The van der Waals surface area contributed by atoms with E-state index in [2.05, 4.69) is 426 Å². The van der Waals surface area contributed by atoms with Crippen molar-refractivity contribution < 1.29 is 0 Å². The maximum Gasteiger partial charge on any atom is 0.187 e. The van der Waals surface area contributed by atoms with Gasteiger partial charge in [0.1, 0.15) is 0 Å². The van der Waals surface area contributed by atoms with Crippen molar-refractivity contribution >= 4 is 182 Å². The van der Waals surface area contributed by atoms with Crippen molar-refractivity contribution in [2.75, 3.05) is 14.7 Å². The second-order valence-electron chi connectivity index (χ2n) is 33.8. The Bertz CT molecular complexity index is 8680. The topological polar surface area (TPSA) is 59.0 Å². The van der Waals surface area contributed by atoms with E-state index in [0.29, 0.717) is 11.4 Å². The number of hydrogen-bond acceptors (Lipinski definition) is 5. The Kier molecular flexibility index (Phi) is 17.8. The molecule has 0 atom stereocenters. The van der Waals surface area contributed by atoms with E-state index in [-0.39, 0.29) is 5.41 Å². The maximum absolute atomic E-state index is 7.61. The lowest BCUT2D eigenvalue weighted by atomic mass is 9.82. The Morgan fingerprint density at radius 3 is 1.06 bits per heavy atom. The molecular weight excluding hydrogens is 1570 g/mol. The molecule has 604 valence electrons. The van der Waals surface area contributed by atoms with Crippen molar-refractivity contribution in [1.82, 2.24) is 23.7 Å². The molecule has 0 saturated carbocycles. The van der Waals surface area contributed by atoms with Gasteiger partial charge in [0.15, 0.2) is 11.4 Å². The molecule has 0 unspecified atom stereocenters. The van der Waals surface area contributed by atoms with Crippen LogP contribution in [-0.2, 0) is 5.41 Å². The normalized spacial score (nSPS) is 12.2. The predicted molar refractivity (Wildman–Crippen MR) is 539 cm³/mol. The van der Waals surface area contributed by atoms with Crippen LogP contribution >= 0.6 is 0 Å². The number of para-hydroxylation sites is 1. The monoisotopic (exact) mass is 1650 g/mol. The van der Waals surface area contributed by atoms with Crippen LogP contribution in [0.3, 0.4) is 0 Å². The van der Waals surface area contributed by atoms with E-state index < -0.39 is 0 Å². The Balaban J connectivity index is 0.000000109. The molecule has 26 rings (SSSR count). The molecule has 20 aromatic carbocycles. The molecule has 1 aliphatic rings. The number of nitrogens with zero attached hydrogens (tertiary/aromatic N) is 10. The minimum atomic E-state index is -0.127. The Morgan fingerprint density at radius 1 is 0.248 bits per heavy atom. The van der Waals surface area contributed by atoms with Crippen LogP contribution in [0.15, 0.2) is 437 Å². The summed E-state index contributed by atoms with van der Waals surface area (Å²) in [5, 5.41) is 19.8. The quantitative estimate of drug-likeness (QED) is 0.0850. The second-order valence-corrected chi connectivity index (χ2v) is 33.8. The molecule has 1 aliphatic carbocycles. The summed E-state index contributed by atoms with van der Waals surface area (Å²) < 4.78 is 7.21. The van der Waals surface area contributed by atoms with Crippen molar-refractivity contribution in [2.45, 2.75) is 19.3 Å². The third kappa shape index (κ3) is 12.4. The SMILES string of the molecule is [C-]#[N+]c1ccc(N(c2ccc3c(c2)C(C)(C)c2ccccc2-3)c2ccc3c4c2ccc2cccc(c24)n3-c2ccc(-c3ccccc3)cc2)cc1.[C-]#[N+]c1ccc(N(c2cccnc2)c2ccc3c4c2ccc2cccc(c24)n3-c2ccc3ccccc3c2)cc1.c1ccc(N(c2cccnc2)c2ccc3c4c2ccc2cccc(c24)n3-c2ccc3ccccc3c2)cc1. The van der Waals surface area contributed by atoms with Gasteiger partial charge < -0.3 is 28.4 Å². The van der Waals surface area contributed by atoms with E-state index in [1.165, 1.54) is 158 Å². The summed E-state index contributed by atoms with van der Waals surface area (Å²) in [4.78, 5) is 23.1. The van der Waals surface area contributed by atoms with Crippen LogP contribution in [-0.4, -0.2) is 23.7 Å². The first kappa shape index (κ1) is 75.3. The van der Waals surface area contributed by atoms with Gasteiger partial charge >= 0.3 is 0 Å². The van der Waals surface area contributed by atoms with Crippen LogP contribution in [0.5, 0.6) is 0 Å². The van der Waals surface area contributed by atoms with Crippen molar-refractivity contribution in [2.24, 2.45) is 0 Å². The number of aromatic nitrogens is 5. The van der Waals surface area contributed by atoms with Gasteiger partial charge in [0.25, 0.3) is 0 Å². The molecule has 0 amide bonds. The Hall–Kier alpha value is -17.4. The summed E-state index contributed by atoms with van der Waals surface area (Å²) in [5.74, 6) is 0. The van der Waals surface area contributed by atoms with E-state index in [1.807, 2.05) is 67.1 Å². The molecule has 0 spiro atoms. The lowest BCUT2D eigenvalue weighted by molar-refractivity contribution is 0.660. The lowest BCUT2D eigenvalue weighted by Crippen LogP contribution is -2.16. The average molecular weight is 1650 g/mol. The summed E-state index contributed by atoms with van der Waals surface area (Å²) in [6, 6.07) is 147. The van der Waals surface area contributed by atoms with Gasteiger partial charge in [0.05, 0.1) is 87.1 Å². The lowest BCUT2D eigenvalue weighted by Gasteiger charge is -2.29. The van der Waals surface area contributed by atoms with Crippen LogP contribution in [0.4, 0.5) is 62.6 Å². The van der Waals surface area contributed by atoms with Crippen LogP contribution in [0, 0.1) is 13.1 Å². The summed E-state index contributed by atoms with van der Waals surface area (Å²) in [6.07, 6.45) is 7.43. The standard InChI is InChI=1S/C48H33N3.C36H22N4.C35H23N3/c1-48(2)41-14-8-7-13-38(41)39-27-25-37(30-42(39)48)50(35-23-19-34(49-3)20-24-35)43-28-29-45-47-40(43)26-18-33-12-9-15-44(46(33)47)51(45)36-21-16-32(17-22-36)31-10-5-4-6-11-31;1-37-27-13-16-28(17-14-27)39(30-9-5-21-38-23-30)32-19-20-34-36-31(32)18-12-25-8-4-10-33(35(25)36)40(34)29-15-11-24-6-2-3-7-26(24)22-29;1-2-11-27(12-3-1)37(29-13-7-21-36-23-29)31-19-20-33-35-30(31)18-16-25-10-6-14-32(34(25)35)38(33)28-17-15-24-8-4-5-9-26(24)22-28/h4-30H,1-2H3;2-23H;1-23H. The average Bonchev–Trinajstić information content (AvgIpc) is 1.56. The molecule has 5 heterocycles. The van der Waals surface area contributed by atoms with Gasteiger partial charge in [-0.25, -0.2) is 9.69 Å². The molecule has 0 fully saturated rings. The summed E-state index contributed by atoms with van der Waals surface area (Å²) in [6.45, 7) is 19.7. The first-order valence-corrected chi connectivity index (χ1v) is 43.6. The third-order valence-corrected chi connectivity index (χ3v) is 26.4. The van der Waals surface area contributed by atoms with Gasteiger partial charge in [0, 0.05) is 106 Å². The van der Waals surface area contributed by atoms with E-state index in [1.54, 1.807) is 6.20 Å². The zero-order valence-electron chi connectivity index (χ0n) is 70.5. The number of pyridine rings is 2. The van der Waals surface area contributed by atoms with Gasteiger partial charge in [0.2, 0.25) is 0 Å². The highest BCUT2D eigenvalue weighted by Gasteiger charge is 2.37. The molecule has 0 saturated heterocycles. The number of benzene rings is 20. The molecule has 0 aliphatic heterocycles. The molecule has 10 heteroatoms. The molecule has 129 heavy (non-hydrogen) atoms. The zero-order chi connectivity index (χ0) is 86.0. The number of fused-ring (bicyclic) bond motifs is 5. The van der Waals surface area contributed by atoms with Gasteiger partial charge in [-0.2, -0.15) is 0 Å². The predicted octanol–water partition coefficient (Wildman–Crippen LogP) is 32.7. The second kappa shape index (κ2) is 30.5. The Labute approximate surface area is 745 Å². The number of hydrogen-bond donors (Lipinski definition) is 0. The molecule has 0 N–H and O–H groups in total. The fraction of sp³-hybridized carbons (Fsp3) is 0.0252. The van der Waals surface area contributed by atoms with E-state index in [0.717, 1.165) is 62.6 Å². The number of anilines is 9. The van der Waals surface area contributed by atoms with E-state index in [4.69, 9.17) is 13.1 Å². The van der Waals surface area contributed by atoms with Gasteiger partial charge in [-0.3, -0.25) is 9.97 Å². The van der Waals surface area contributed by atoms with E-state index >= 15 is 0 Å². The Morgan fingerprint density at radius 2 is 0.605 bits per heavy atom. The van der Waals surface area contributed by atoms with Gasteiger partial charge in [-0.15, -0.1) is 0 Å². The molecule has 0 bridgehead atoms. The summed E-state index contributed by atoms with van der Waals surface area (Å²) >= 11 is 0. The van der Waals surface area contributed by atoms with E-state index in [9.17, 15) is 0 Å². The molecule has 10 nitrogen and oxygen atoms in total. The summed E-state index contributed by atoms with van der Waals surface area (Å²) in [7, 11) is 0. The number of rotatable bonds is 13. The minimum absolute atomic E-state index is 0.127. The summed E-state index contributed by atoms with van der Waals surface area (Å²) in [5.41, 5.74) is 29.0. The maximum atomic E-state index is 7.61. The minimum Gasteiger partial charge on any atom is -0.310 e. The van der Waals surface area contributed by atoms with Crippen molar-refractivity contribution in [3.8, 4) is 39.3 Å². The zero-order valence-corrected chi connectivity index (χ0v) is 70.5. The van der Waals surface area contributed by atoms with Gasteiger partial charge in [-0.1, -0.05) is 263 Å². The molecule has 0 radical (unpaired) electrons. The first-order valence-electron chi connectivity index (χ1n) is 43.6. The van der Waals surface area contributed by atoms with Gasteiger partial charge in [-0.05, 0) is 235 Å². The largest absolute Gasteiger partial charge is 0.310 e. The first-order chi connectivity index (χ1) is 63.7. The highest BCUT2D eigenvalue weighted by molar-refractivity contribution is 6.30. The van der Waals surface area contributed by atoms with Crippen LogP contribution in [0.2, 0.25) is 0 Å². The van der Waals surface area contributed by atoms with Crippen LogP contribution in [0.1, 0.15) is 25.0 Å². The molecule has 5 aromatic heterocycles. The molecule has 25 aromatic rings. The third-order valence-electron chi connectivity index (χ3n) is 26.4. The fourth-order valence-electron chi connectivity index (χ4n) is 20.5. The van der Waals surface area contributed by atoms with Crippen molar-refractivity contribution in [1.29, 1.82) is 0 Å². The highest BCUT2D eigenvalue weighted by atomic mass is 15.2. The fourth-order valence-corrected chi connectivity index (χ4v) is 20.5. The van der Waals surface area contributed by atoms with Crippen LogP contribution < -0.4 is 14.7 Å². The van der Waals surface area contributed by atoms with Crippen molar-refractivity contribution in [3.63, 3.8) is 0 Å². The molecular formula is C119H78N10. The van der Waals surface area contributed by atoms with Crippen molar-refractivity contribution in [3.05, 3.63) is 471 Å². The smallest absolute Gasteiger partial charge is 0.187 e.